The fraction of sp³-hybridized carbons (Fsp3) is 0.0556. The van der Waals surface area contributed by atoms with Crippen molar-refractivity contribution in [1.29, 1.82) is 0 Å². The lowest BCUT2D eigenvalue weighted by molar-refractivity contribution is -0.137. The number of hydrogen-bond donors (Lipinski definition) is 1. The van der Waals surface area contributed by atoms with Crippen LogP contribution in [-0.2, 0) is 6.18 Å². The molecule has 8 heteroatoms. The maximum Gasteiger partial charge on any atom is 0.417 e. The summed E-state index contributed by atoms with van der Waals surface area (Å²) >= 11 is 11.5. The highest BCUT2D eigenvalue weighted by Gasteiger charge is 2.33. The Hall–Kier alpha value is -2.44. The Bertz CT molecular complexity index is 950. The molecule has 134 valence electrons. The molecule has 0 aliphatic carbocycles. The third kappa shape index (κ3) is 4.03. The number of hydrogen-bond acceptors (Lipinski definition) is 2. The molecule has 1 heterocycles. The largest absolute Gasteiger partial charge is 0.451 e. The summed E-state index contributed by atoms with van der Waals surface area (Å²) in [6, 6.07) is 12.9. The van der Waals surface area contributed by atoms with E-state index in [9.17, 15) is 18.0 Å². The molecule has 0 unspecified atom stereocenters. The van der Waals surface area contributed by atoms with Crippen LogP contribution in [0, 0.1) is 0 Å². The van der Waals surface area contributed by atoms with E-state index >= 15 is 0 Å². The van der Waals surface area contributed by atoms with E-state index in [1.54, 1.807) is 30.3 Å². The van der Waals surface area contributed by atoms with Crippen molar-refractivity contribution in [2.24, 2.45) is 0 Å². The minimum atomic E-state index is -4.56. The number of halogens is 5. The molecule has 0 saturated carbocycles. The molecule has 1 amide bonds. The summed E-state index contributed by atoms with van der Waals surface area (Å²) in [5, 5.41) is 2.51. The average molecular weight is 400 g/mol. The topological polar surface area (TPSA) is 42.2 Å². The third-order valence-electron chi connectivity index (χ3n) is 3.49. The van der Waals surface area contributed by atoms with Gasteiger partial charge < -0.3 is 9.73 Å². The lowest BCUT2D eigenvalue weighted by atomic mass is 10.2. The Morgan fingerprint density at radius 2 is 1.65 bits per heavy atom. The SMILES string of the molecule is O=C(Nc1ccc(C(F)(F)F)c(Cl)c1)c1ccc(-c2ccc(Cl)cc2)o1. The van der Waals surface area contributed by atoms with Crippen LogP contribution in [0.15, 0.2) is 59.0 Å². The minimum Gasteiger partial charge on any atom is -0.451 e. The first-order valence-electron chi connectivity index (χ1n) is 7.28. The van der Waals surface area contributed by atoms with Crippen LogP contribution < -0.4 is 5.32 Å². The Morgan fingerprint density at radius 1 is 0.962 bits per heavy atom. The van der Waals surface area contributed by atoms with Crippen LogP contribution in [0.25, 0.3) is 11.3 Å². The molecular formula is C18H10Cl2F3NO2. The summed E-state index contributed by atoms with van der Waals surface area (Å²) in [4.78, 5) is 12.2. The molecule has 0 saturated heterocycles. The molecule has 0 atom stereocenters. The molecule has 0 spiro atoms. The highest BCUT2D eigenvalue weighted by molar-refractivity contribution is 6.31. The zero-order valence-corrected chi connectivity index (χ0v) is 14.4. The Balaban J connectivity index is 1.77. The first-order valence-corrected chi connectivity index (χ1v) is 8.03. The lowest BCUT2D eigenvalue weighted by Crippen LogP contribution is -2.12. The molecule has 2 aromatic carbocycles. The van der Waals surface area contributed by atoms with Crippen molar-refractivity contribution in [2.75, 3.05) is 5.32 Å². The normalized spacial score (nSPS) is 11.4. The van der Waals surface area contributed by atoms with E-state index in [2.05, 4.69) is 5.32 Å². The van der Waals surface area contributed by atoms with Gasteiger partial charge in [0.15, 0.2) is 5.76 Å². The number of rotatable bonds is 3. The van der Waals surface area contributed by atoms with Gasteiger partial charge >= 0.3 is 6.18 Å². The summed E-state index contributed by atoms with van der Waals surface area (Å²) in [5.74, 6) is -0.149. The first kappa shape index (κ1) is 18.4. The summed E-state index contributed by atoms with van der Waals surface area (Å²) in [5.41, 5.74) is -0.122. The van der Waals surface area contributed by atoms with Gasteiger partial charge in [-0.15, -0.1) is 0 Å². The van der Waals surface area contributed by atoms with E-state index in [1.807, 2.05) is 0 Å². The van der Waals surface area contributed by atoms with Gasteiger partial charge in [0.25, 0.3) is 5.91 Å². The highest BCUT2D eigenvalue weighted by Crippen LogP contribution is 2.36. The molecule has 0 bridgehead atoms. The van der Waals surface area contributed by atoms with Crippen molar-refractivity contribution in [3.8, 4) is 11.3 Å². The van der Waals surface area contributed by atoms with Gasteiger partial charge in [-0.05, 0) is 54.6 Å². The van der Waals surface area contributed by atoms with Crippen molar-refractivity contribution in [3.05, 3.63) is 76.0 Å². The number of nitrogens with one attached hydrogen (secondary N) is 1. The van der Waals surface area contributed by atoms with E-state index < -0.39 is 22.7 Å². The lowest BCUT2D eigenvalue weighted by Gasteiger charge is -2.10. The van der Waals surface area contributed by atoms with Gasteiger partial charge in [-0.1, -0.05) is 23.2 Å². The van der Waals surface area contributed by atoms with Crippen LogP contribution in [-0.4, -0.2) is 5.91 Å². The van der Waals surface area contributed by atoms with Gasteiger partial charge in [-0.3, -0.25) is 4.79 Å². The second-order valence-electron chi connectivity index (χ2n) is 5.32. The van der Waals surface area contributed by atoms with Crippen LogP contribution in [0.5, 0.6) is 0 Å². The van der Waals surface area contributed by atoms with Crippen molar-refractivity contribution in [1.82, 2.24) is 0 Å². The van der Waals surface area contributed by atoms with E-state index in [0.717, 1.165) is 23.8 Å². The summed E-state index contributed by atoms with van der Waals surface area (Å²) in [7, 11) is 0. The number of alkyl halides is 3. The maximum absolute atomic E-state index is 12.7. The molecule has 3 aromatic rings. The molecule has 3 rings (SSSR count). The van der Waals surface area contributed by atoms with Gasteiger partial charge in [0.05, 0.1) is 10.6 Å². The fourth-order valence-corrected chi connectivity index (χ4v) is 2.66. The minimum absolute atomic E-state index is 0.00553. The maximum atomic E-state index is 12.7. The van der Waals surface area contributed by atoms with Gasteiger partial charge in [0, 0.05) is 16.3 Å². The van der Waals surface area contributed by atoms with Gasteiger partial charge in [-0.2, -0.15) is 13.2 Å². The monoisotopic (exact) mass is 399 g/mol. The number of furan rings is 1. The molecule has 3 nitrogen and oxygen atoms in total. The smallest absolute Gasteiger partial charge is 0.417 e. The van der Waals surface area contributed by atoms with Gasteiger partial charge in [0.2, 0.25) is 0 Å². The van der Waals surface area contributed by atoms with Gasteiger partial charge in [-0.25, -0.2) is 0 Å². The molecule has 1 N–H and O–H groups in total. The second-order valence-corrected chi connectivity index (χ2v) is 6.16. The quantitative estimate of drug-likeness (QED) is 0.544. The zero-order valence-electron chi connectivity index (χ0n) is 12.9. The molecular weight excluding hydrogens is 390 g/mol. The Labute approximate surface area is 156 Å². The van der Waals surface area contributed by atoms with E-state index in [4.69, 9.17) is 27.6 Å². The first-order chi connectivity index (χ1) is 12.2. The fourth-order valence-electron chi connectivity index (χ4n) is 2.24. The standard InChI is InChI=1S/C18H10Cl2F3NO2/c19-11-3-1-10(2-4-11)15-7-8-16(26-15)17(25)24-12-5-6-13(14(20)9-12)18(21,22)23/h1-9H,(H,24,25). The molecule has 0 aliphatic rings. The number of benzene rings is 2. The van der Waals surface area contributed by atoms with E-state index in [-0.39, 0.29) is 11.4 Å². The van der Waals surface area contributed by atoms with Crippen LogP contribution in [0.2, 0.25) is 10.0 Å². The molecule has 26 heavy (non-hydrogen) atoms. The number of carbonyl (C=O) groups is 1. The van der Waals surface area contributed by atoms with Crippen LogP contribution >= 0.6 is 23.2 Å². The van der Waals surface area contributed by atoms with E-state index in [1.165, 1.54) is 6.07 Å². The predicted octanol–water partition coefficient (Wildman–Crippen LogP) is 6.52. The Morgan fingerprint density at radius 3 is 2.27 bits per heavy atom. The number of amides is 1. The highest BCUT2D eigenvalue weighted by atomic mass is 35.5. The van der Waals surface area contributed by atoms with Crippen LogP contribution in [0.1, 0.15) is 16.1 Å². The van der Waals surface area contributed by atoms with Crippen molar-refractivity contribution < 1.29 is 22.4 Å². The van der Waals surface area contributed by atoms with Crippen molar-refractivity contribution >= 4 is 34.8 Å². The summed E-state index contributed by atoms with van der Waals surface area (Å²) in [6.45, 7) is 0. The van der Waals surface area contributed by atoms with Crippen LogP contribution in [0.3, 0.4) is 0 Å². The summed E-state index contributed by atoms with van der Waals surface area (Å²) < 4.78 is 43.6. The Kier molecular flexibility index (Phi) is 4.98. The van der Waals surface area contributed by atoms with Gasteiger partial charge in [0.1, 0.15) is 5.76 Å². The zero-order chi connectivity index (χ0) is 18.9. The average Bonchev–Trinajstić information content (AvgIpc) is 3.04. The number of carbonyl (C=O) groups excluding carboxylic acids is 1. The second kappa shape index (κ2) is 7.05. The predicted molar refractivity (Wildman–Crippen MR) is 93.6 cm³/mol. The molecule has 0 aliphatic heterocycles. The molecule has 1 aromatic heterocycles. The molecule has 0 fully saturated rings. The third-order valence-corrected chi connectivity index (χ3v) is 4.06. The van der Waals surface area contributed by atoms with E-state index in [0.29, 0.717) is 10.8 Å². The summed E-state index contributed by atoms with van der Waals surface area (Å²) in [6.07, 6.45) is -4.56. The number of anilines is 1. The van der Waals surface area contributed by atoms with Crippen molar-refractivity contribution in [2.45, 2.75) is 6.18 Å². The van der Waals surface area contributed by atoms with Crippen molar-refractivity contribution in [3.63, 3.8) is 0 Å². The van der Waals surface area contributed by atoms with Crippen LogP contribution in [0.4, 0.5) is 18.9 Å². The molecule has 0 radical (unpaired) electrons.